The Kier molecular flexibility index (Phi) is 8.25. The summed E-state index contributed by atoms with van der Waals surface area (Å²) in [4.78, 5) is 18.8. The summed E-state index contributed by atoms with van der Waals surface area (Å²) in [6.45, 7) is 1.87. The molecule has 1 aliphatic heterocycles. The van der Waals surface area contributed by atoms with Gasteiger partial charge in [-0.3, -0.25) is 4.57 Å². The highest BCUT2D eigenvalue weighted by atomic mass is 32.2. The van der Waals surface area contributed by atoms with E-state index in [2.05, 4.69) is 0 Å². The Hall–Kier alpha value is -3.58. The number of phenols is 1. The van der Waals surface area contributed by atoms with Crippen molar-refractivity contribution in [2.75, 3.05) is 6.26 Å². The largest absolute Gasteiger partial charge is 0.507 e. The topological polar surface area (TPSA) is 141 Å². The Labute approximate surface area is 253 Å². The van der Waals surface area contributed by atoms with Crippen LogP contribution in [0.5, 0.6) is 11.5 Å². The van der Waals surface area contributed by atoms with Crippen LogP contribution in [0.4, 0.5) is 8.78 Å². The third-order valence-electron chi connectivity index (χ3n) is 7.21. The van der Waals surface area contributed by atoms with E-state index < -0.39 is 44.1 Å². The number of aryl methyl sites for hydroxylation is 1. The van der Waals surface area contributed by atoms with Crippen molar-refractivity contribution in [3.05, 3.63) is 107 Å². The molecule has 0 bridgehead atoms. The number of para-hydroxylation sites is 1. The molecular weight excluding hydrogens is 635 g/mol. The van der Waals surface area contributed by atoms with Gasteiger partial charge in [0.15, 0.2) is 15.4 Å². The van der Waals surface area contributed by atoms with Gasteiger partial charge in [0.2, 0.25) is 0 Å². The van der Waals surface area contributed by atoms with E-state index in [0.717, 1.165) is 40.6 Å². The van der Waals surface area contributed by atoms with Crippen LogP contribution in [-0.4, -0.2) is 43.6 Å². The lowest BCUT2D eigenvalue weighted by Crippen LogP contribution is -2.30. The molecule has 0 radical (unpaired) electrons. The van der Waals surface area contributed by atoms with Gasteiger partial charge in [0, 0.05) is 19.3 Å². The van der Waals surface area contributed by atoms with E-state index >= 15 is 0 Å². The summed E-state index contributed by atoms with van der Waals surface area (Å²) < 4.78 is 85.3. The summed E-state index contributed by atoms with van der Waals surface area (Å²) in [6.07, 6.45) is 1.14. The van der Waals surface area contributed by atoms with Crippen molar-refractivity contribution >= 4 is 32.7 Å². The van der Waals surface area contributed by atoms with Crippen molar-refractivity contribution in [1.82, 2.24) is 4.31 Å². The van der Waals surface area contributed by atoms with Gasteiger partial charge < -0.3 is 19.6 Å². The molecule has 1 unspecified atom stereocenters. The molecule has 1 atom stereocenters. The highest BCUT2D eigenvalue weighted by Crippen LogP contribution is 2.60. The van der Waals surface area contributed by atoms with Crippen LogP contribution in [0.25, 0.3) is 11.1 Å². The normalized spacial score (nSPS) is 16.8. The number of aromatic hydroxyl groups is 1. The predicted molar refractivity (Wildman–Crippen MR) is 163 cm³/mol. The molecule has 4 aromatic rings. The molecule has 0 aliphatic carbocycles. The fourth-order valence-corrected chi connectivity index (χ4v) is 8.16. The molecule has 0 saturated heterocycles. The van der Waals surface area contributed by atoms with Crippen LogP contribution in [0.2, 0.25) is 0 Å². The molecule has 44 heavy (non-hydrogen) atoms. The van der Waals surface area contributed by atoms with Crippen LogP contribution in [0.3, 0.4) is 0 Å². The van der Waals surface area contributed by atoms with Crippen molar-refractivity contribution in [2.45, 2.75) is 35.5 Å². The van der Waals surface area contributed by atoms with Crippen molar-refractivity contribution in [3.63, 3.8) is 0 Å². The second-order valence-corrected chi connectivity index (χ2v) is 16.4. The number of fused-ring (bicyclic) bond motifs is 1. The molecular formula is C30H28F2NO8PS2. The van der Waals surface area contributed by atoms with Gasteiger partial charge in [-0.1, -0.05) is 48.5 Å². The minimum atomic E-state index is -5.91. The predicted octanol–water partition coefficient (Wildman–Crippen LogP) is 5.41. The zero-order chi connectivity index (χ0) is 32.1. The average molecular weight is 664 g/mol. The Balaban J connectivity index is 1.50. The number of nitrogens with zero attached hydrogens (tertiary/aromatic N) is 1. The summed E-state index contributed by atoms with van der Waals surface area (Å²) >= 11 is 0. The van der Waals surface area contributed by atoms with Crippen molar-refractivity contribution in [2.24, 2.45) is 0 Å². The van der Waals surface area contributed by atoms with E-state index in [4.69, 9.17) is 14.5 Å². The van der Waals surface area contributed by atoms with Gasteiger partial charge >= 0.3 is 13.3 Å². The molecule has 0 amide bonds. The first kappa shape index (κ1) is 31.8. The number of rotatable bonds is 9. The summed E-state index contributed by atoms with van der Waals surface area (Å²) in [5, 5.41) is 10.3. The highest BCUT2D eigenvalue weighted by Gasteiger charge is 2.52. The molecule has 0 aromatic heterocycles. The van der Waals surface area contributed by atoms with E-state index in [9.17, 15) is 31.1 Å². The van der Waals surface area contributed by atoms with Gasteiger partial charge in [0.25, 0.3) is 0 Å². The number of hydrogen-bond donors (Lipinski definition) is 3. The lowest BCUT2D eigenvalue weighted by molar-refractivity contribution is 0.0539. The lowest BCUT2D eigenvalue weighted by atomic mass is 9.98. The van der Waals surface area contributed by atoms with Crippen LogP contribution >= 0.6 is 7.60 Å². The molecule has 0 fully saturated rings. The second kappa shape index (κ2) is 11.4. The standard InChI is InChI=1S/C30H28F2NO8PS2/c1-20-15-21(7-13-25(20)23-9-11-24(12-10-23)43(2,38)39)17-33(44(40)19-41-28-5-3-4-6-29(28)44)18-22-8-14-26(27(34)16-22)30(31,32)42(35,36)37/h3-16,19,34H,17-18H2,1-2H3,(H2,35,36,37). The molecule has 4 aromatic carbocycles. The van der Waals surface area contributed by atoms with Crippen molar-refractivity contribution < 1.29 is 45.6 Å². The molecule has 1 heterocycles. The highest BCUT2D eigenvalue weighted by molar-refractivity contribution is 7.99. The van der Waals surface area contributed by atoms with E-state index in [0.29, 0.717) is 10.6 Å². The number of benzene rings is 4. The van der Waals surface area contributed by atoms with Gasteiger partial charge in [-0.15, -0.1) is 0 Å². The van der Waals surface area contributed by atoms with Gasteiger partial charge in [-0.05, 0) is 71.1 Å². The summed E-state index contributed by atoms with van der Waals surface area (Å²) in [7, 11) is -12.4. The van der Waals surface area contributed by atoms with E-state index in [1.165, 1.54) is 23.8 Å². The molecule has 0 saturated carbocycles. The molecule has 3 N–H and O–H groups in total. The SMILES string of the molecule is Cc1cc(CN(Cc2ccc(C(F)(F)P(=O)(O)O)c(O)c2)S2(=O)=COc3ccccc32)ccc1-c1ccc(S(C)(=O)=O)cc1. The van der Waals surface area contributed by atoms with Gasteiger partial charge in [0.1, 0.15) is 21.2 Å². The molecule has 1 aliphatic rings. The quantitative estimate of drug-likeness (QED) is 0.160. The summed E-state index contributed by atoms with van der Waals surface area (Å²) in [5.74, 6) is -0.620. The smallest absolute Gasteiger partial charge is 0.399 e. The summed E-state index contributed by atoms with van der Waals surface area (Å²) in [6, 6.07) is 21.7. The first-order valence-electron chi connectivity index (χ1n) is 13.0. The van der Waals surface area contributed by atoms with Crippen LogP contribution in [0, 0.1) is 6.92 Å². The van der Waals surface area contributed by atoms with E-state index in [1.807, 2.05) is 25.1 Å². The van der Waals surface area contributed by atoms with E-state index in [1.54, 1.807) is 40.7 Å². The zero-order valence-electron chi connectivity index (χ0n) is 23.4. The average Bonchev–Trinajstić information content (AvgIpc) is 3.29. The van der Waals surface area contributed by atoms with Crippen LogP contribution < -0.4 is 4.74 Å². The summed E-state index contributed by atoms with van der Waals surface area (Å²) in [5.41, 5.74) is -1.08. The fraction of sp³-hybridized carbons (Fsp3) is 0.167. The Morgan fingerprint density at radius 1 is 0.932 bits per heavy atom. The van der Waals surface area contributed by atoms with E-state index in [-0.39, 0.29) is 23.5 Å². The van der Waals surface area contributed by atoms with Gasteiger partial charge in [-0.25, -0.2) is 16.9 Å². The number of ether oxygens (including phenoxy) is 1. The lowest BCUT2D eigenvalue weighted by Gasteiger charge is -2.26. The maximum atomic E-state index is 14.5. The van der Waals surface area contributed by atoms with Crippen molar-refractivity contribution in [1.29, 1.82) is 0 Å². The molecule has 0 spiro atoms. The Bertz CT molecular complexity index is 2040. The van der Waals surface area contributed by atoms with Crippen LogP contribution in [-0.2, 0) is 42.9 Å². The fourth-order valence-electron chi connectivity index (χ4n) is 4.93. The number of alkyl halides is 2. The van der Waals surface area contributed by atoms with Crippen LogP contribution in [0.15, 0.2) is 94.7 Å². The maximum Gasteiger partial charge on any atom is 0.399 e. The Morgan fingerprint density at radius 2 is 1.55 bits per heavy atom. The number of halogens is 2. The third kappa shape index (κ3) is 6.03. The maximum absolute atomic E-state index is 14.5. The molecule has 5 rings (SSSR count). The molecule has 9 nitrogen and oxygen atoms in total. The monoisotopic (exact) mass is 663 g/mol. The molecule has 14 heteroatoms. The first-order chi connectivity index (χ1) is 20.5. The zero-order valence-corrected chi connectivity index (χ0v) is 26.0. The van der Waals surface area contributed by atoms with Crippen molar-refractivity contribution in [3.8, 4) is 22.6 Å². The third-order valence-corrected chi connectivity index (χ3v) is 11.7. The number of sulfone groups is 1. The minimum Gasteiger partial charge on any atom is -0.507 e. The number of hydrogen-bond acceptors (Lipinski definition) is 6. The molecule has 232 valence electrons. The Morgan fingerprint density at radius 3 is 2.14 bits per heavy atom. The second-order valence-electron chi connectivity index (χ2n) is 10.4. The first-order valence-corrected chi connectivity index (χ1v) is 18.1. The van der Waals surface area contributed by atoms with Gasteiger partial charge in [-0.2, -0.15) is 8.78 Å². The van der Waals surface area contributed by atoms with Gasteiger partial charge in [0.05, 0.1) is 15.4 Å². The minimum absolute atomic E-state index is 0.0995. The van der Waals surface area contributed by atoms with Crippen LogP contribution in [0.1, 0.15) is 22.3 Å². The number of phenolic OH excluding ortho intramolecular Hbond substituents is 1.